The van der Waals surface area contributed by atoms with Crippen molar-refractivity contribution in [2.24, 2.45) is 11.7 Å². The molecule has 1 aliphatic heterocycles. The minimum absolute atomic E-state index is 0.267. The van der Waals surface area contributed by atoms with Crippen LogP contribution in [0.25, 0.3) is 0 Å². The van der Waals surface area contributed by atoms with Crippen LogP contribution in [0.15, 0.2) is 0 Å². The molecule has 1 fully saturated rings. The van der Waals surface area contributed by atoms with Gasteiger partial charge in [0, 0.05) is 12.3 Å². The smallest absolute Gasteiger partial charge is 0.150 e. The summed E-state index contributed by atoms with van der Waals surface area (Å²) in [6, 6.07) is 0. The summed E-state index contributed by atoms with van der Waals surface area (Å²) in [5.74, 6) is 1.32. The fourth-order valence-electron chi connectivity index (χ4n) is 2.48. The molecule has 1 unspecified atom stereocenters. The van der Waals surface area contributed by atoms with Crippen LogP contribution in [0.5, 0.6) is 0 Å². The lowest BCUT2D eigenvalue weighted by Gasteiger charge is -2.32. The third-order valence-corrected chi connectivity index (χ3v) is 5.34. The average Bonchev–Trinajstić information content (AvgIpc) is 2.30. The Bertz CT molecular complexity index is 302. The van der Waals surface area contributed by atoms with Crippen molar-refractivity contribution in [3.63, 3.8) is 0 Å². The number of hydrogen-bond donors (Lipinski definition) is 1. The van der Waals surface area contributed by atoms with E-state index in [1.165, 1.54) is 12.8 Å². The first-order valence-electron chi connectivity index (χ1n) is 6.70. The Morgan fingerprint density at radius 2 is 2.18 bits per heavy atom. The molecule has 0 spiro atoms. The Hall–Kier alpha value is -0.130. The Morgan fingerprint density at radius 3 is 2.82 bits per heavy atom. The maximum absolute atomic E-state index is 11.4. The van der Waals surface area contributed by atoms with E-state index in [4.69, 9.17) is 5.73 Å². The zero-order chi connectivity index (χ0) is 12.7. The maximum Gasteiger partial charge on any atom is 0.150 e. The van der Waals surface area contributed by atoms with Gasteiger partial charge >= 0.3 is 0 Å². The van der Waals surface area contributed by atoms with E-state index in [-0.39, 0.29) is 5.75 Å². The van der Waals surface area contributed by atoms with Gasteiger partial charge in [0.1, 0.15) is 9.84 Å². The number of rotatable bonds is 7. The molecule has 0 aromatic heterocycles. The second kappa shape index (κ2) is 7.34. The molecule has 4 nitrogen and oxygen atoms in total. The van der Waals surface area contributed by atoms with Crippen LogP contribution in [-0.2, 0) is 9.84 Å². The van der Waals surface area contributed by atoms with Gasteiger partial charge in [-0.1, -0.05) is 6.92 Å². The molecule has 2 N–H and O–H groups in total. The lowest BCUT2D eigenvalue weighted by molar-refractivity contribution is 0.170. The van der Waals surface area contributed by atoms with Crippen LogP contribution in [0.2, 0.25) is 0 Å². The highest BCUT2D eigenvalue weighted by atomic mass is 32.2. The molecule has 0 saturated carbocycles. The van der Waals surface area contributed by atoms with E-state index in [9.17, 15) is 8.42 Å². The molecule has 5 heteroatoms. The highest BCUT2D eigenvalue weighted by Gasteiger charge is 2.19. The molecule has 0 aromatic rings. The molecule has 0 radical (unpaired) electrons. The first-order chi connectivity index (χ1) is 8.07. The largest absolute Gasteiger partial charge is 0.330 e. The van der Waals surface area contributed by atoms with Crippen LogP contribution < -0.4 is 5.73 Å². The van der Waals surface area contributed by atoms with E-state index >= 15 is 0 Å². The molecule has 1 atom stereocenters. The molecular formula is C12H26N2O2S. The number of nitrogens with zero attached hydrogens (tertiary/aromatic N) is 1. The molecule has 0 aliphatic carbocycles. The predicted octanol–water partition coefficient (Wildman–Crippen LogP) is 0.872. The molecule has 17 heavy (non-hydrogen) atoms. The number of sulfone groups is 1. The van der Waals surface area contributed by atoms with Crippen LogP contribution >= 0.6 is 0 Å². The Morgan fingerprint density at radius 1 is 1.41 bits per heavy atom. The molecule has 0 aromatic carbocycles. The van der Waals surface area contributed by atoms with Crippen LogP contribution in [0.3, 0.4) is 0 Å². The van der Waals surface area contributed by atoms with Gasteiger partial charge in [-0.3, -0.25) is 0 Å². The van der Waals surface area contributed by atoms with Gasteiger partial charge in [0.2, 0.25) is 0 Å². The van der Waals surface area contributed by atoms with E-state index in [0.29, 0.717) is 5.75 Å². The fourth-order valence-corrected chi connectivity index (χ4v) is 3.34. The summed E-state index contributed by atoms with van der Waals surface area (Å²) in [5.41, 5.74) is 5.58. The Labute approximate surface area is 105 Å². The van der Waals surface area contributed by atoms with Crippen LogP contribution in [0.4, 0.5) is 0 Å². The van der Waals surface area contributed by atoms with Crippen molar-refractivity contribution in [2.75, 3.05) is 37.7 Å². The summed E-state index contributed by atoms with van der Waals surface area (Å²) in [4.78, 5) is 2.40. The van der Waals surface area contributed by atoms with Gasteiger partial charge in [-0.2, -0.15) is 0 Å². The SMILES string of the molecule is CCS(=O)(=O)CCCN1CCCC(CCN)C1. The van der Waals surface area contributed by atoms with Crippen molar-refractivity contribution in [2.45, 2.75) is 32.6 Å². The molecular weight excluding hydrogens is 236 g/mol. The van der Waals surface area contributed by atoms with Crippen LogP contribution in [0.1, 0.15) is 32.6 Å². The van der Waals surface area contributed by atoms with Crippen molar-refractivity contribution in [3.05, 3.63) is 0 Å². The lowest BCUT2D eigenvalue weighted by atomic mass is 9.95. The standard InChI is InChI=1S/C12H26N2O2S/c1-2-17(15,16)10-4-9-14-8-3-5-12(11-14)6-7-13/h12H,2-11,13H2,1H3. The molecule has 102 valence electrons. The molecule has 1 rings (SSSR count). The van der Waals surface area contributed by atoms with Crippen LogP contribution in [0, 0.1) is 5.92 Å². The maximum atomic E-state index is 11.4. The van der Waals surface area contributed by atoms with Crippen LogP contribution in [-0.4, -0.2) is 51.0 Å². The monoisotopic (exact) mass is 262 g/mol. The summed E-state index contributed by atoms with van der Waals surface area (Å²) in [7, 11) is -2.79. The van der Waals surface area contributed by atoms with Gasteiger partial charge in [-0.25, -0.2) is 8.42 Å². The van der Waals surface area contributed by atoms with E-state index in [1.54, 1.807) is 6.92 Å². The highest BCUT2D eigenvalue weighted by molar-refractivity contribution is 7.91. The zero-order valence-electron chi connectivity index (χ0n) is 10.9. The third kappa shape index (κ3) is 5.84. The number of piperidine rings is 1. The van der Waals surface area contributed by atoms with E-state index in [1.807, 2.05) is 0 Å². The van der Waals surface area contributed by atoms with Gasteiger partial charge in [0.15, 0.2) is 0 Å². The number of nitrogens with two attached hydrogens (primary N) is 1. The van der Waals surface area contributed by atoms with Crippen molar-refractivity contribution in [3.8, 4) is 0 Å². The highest BCUT2D eigenvalue weighted by Crippen LogP contribution is 2.19. The summed E-state index contributed by atoms with van der Waals surface area (Å²) in [6.45, 7) is 5.62. The van der Waals surface area contributed by atoms with Gasteiger partial charge in [0.25, 0.3) is 0 Å². The normalized spacial score (nSPS) is 22.8. The van der Waals surface area contributed by atoms with Gasteiger partial charge in [0.05, 0.1) is 5.75 Å². The topological polar surface area (TPSA) is 63.4 Å². The number of likely N-dealkylation sites (tertiary alicyclic amines) is 1. The molecule has 0 amide bonds. The predicted molar refractivity (Wildman–Crippen MR) is 71.8 cm³/mol. The fraction of sp³-hybridized carbons (Fsp3) is 1.00. The Balaban J connectivity index is 2.23. The Kier molecular flexibility index (Phi) is 6.44. The molecule has 1 saturated heterocycles. The van der Waals surface area contributed by atoms with Gasteiger partial charge in [-0.15, -0.1) is 0 Å². The quantitative estimate of drug-likeness (QED) is 0.739. The van der Waals surface area contributed by atoms with E-state index < -0.39 is 9.84 Å². The lowest BCUT2D eigenvalue weighted by Crippen LogP contribution is -2.37. The first kappa shape index (κ1) is 14.9. The summed E-state index contributed by atoms with van der Waals surface area (Å²) >= 11 is 0. The average molecular weight is 262 g/mol. The molecule has 0 bridgehead atoms. The zero-order valence-corrected chi connectivity index (χ0v) is 11.7. The third-order valence-electron chi connectivity index (χ3n) is 3.55. The second-order valence-electron chi connectivity index (χ2n) is 4.98. The molecule has 1 heterocycles. The first-order valence-corrected chi connectivity index (χ1v) is 8.52. The van der Waals surface area contributed by atoms with Gasteiger partial charge < -0.3 is 10.6 Å². The molecule has 1 aliphatic rings. The second-order valence-corrected chi connectivity index (χ2v) is 7.45. The van der Waals surface area contributed by atoms with Gasteiger partial charge in [-0.05, 0) is 51.2 Å². The number of hydrogen-bond acceptors (Lipinski definition) is 4. The van der Waals surface area contributed by atoms with Crippen molar-refractivity contribution >= 4 is 9.84 Å². The summed E-state index contributed by atoms with van der Waals surface area (Å²) in [5, 5.41) is 0. The minimum atomic E-state index is -2.79. The summed E-state index contributed by atoms with van der Waals surface area (Å²) < 4.78 is 22.7. The minimum Gasteiger partial charge on any atom is -0.330 e. The van der Waals surface area contributed by atoms with Crippen molar-refractivity contribution in [1.82, 2.24) is 4.90 Å². The van der Waals surface area contributed by atoms with E-state index in [2.05, 4.69) is 4.90 Å². The van der Waals surface area contributed by atoms with Crippen molar-refractivity contribution < 1.29 is 8.42 Å². The summed E-state index contributed by atoms with van der Waals surface area (Å²) in [6.07, 6.45) is 4.38. The van der Waals surface area contributed by atoms with E-state index in [0.717, 1.165) is 44.9 Å². The van der Waals surface area contributed by atoms with Crippen molar-refractivity contribution in [1.29, 1.82) is 0 Å².